The van der Waals surface area contributed by atoms with Crippen LogP contribution in [0.25, 0.3) is 0 Å². The highest BCUT2D eigenvalue weighted by atomic mass is 16.6. The van der Waals surface area contributed by atoms with Gasteiger partial charge in [0.1, 0.15) is 0 Å². The van der Waals surface area contributed by atoms with Gasteiger partial charge in [0.25, 0.3) is 17.3 Å². The van der Waals surface area contributed by atoms with Crippen molar-refractivity contribution in [3.63, 3.8) is 0 Å². The second kappa shape index (κ2) is 5.24. The highest BCUT2D eigenvalue weighted by Gasteiger charge is 2.29. The Morgan fingerprint density at radius 2 is 1.70 bits per heavy atom. The SMILES string of the molecule is CC(NC(=O)c1cc([N+](=O)[O-])cc([N+](=O)[O-])c1)C1CC1. The summed E-state index contributed by atoms with van der Waals surface area (Å²) in [6.07, 6.45) is 2.08. The number of benzene rings is 1. The maximum absolute atomic E-state index is 12.0. The molecule has 1 aliphatic carbocycles. The Morgan fingerprint density at radius 3 is 2.10 bits per heavy atom. The van der Waals surface area contributed by atoms with E-state index in [4.69, 9.17) is 0 Å². The fraction of sp³-hybridized carbons (Fsp3) is 0.417. The number of nitrogens with one attached hydrogen (secondary N) is 1. The van der Waals surface area contributed by atoms with Crippen LogP contribution in [0.15, 0.2) is 18.2 Å². The van der Waals surface area contributed by atoms with Crippen LogP contribution in [0, 0.1) is 26.1 Å². The smallest absolute Gasteiger partial charge is 0.277 e. The number of carbonyl (C=O) groups is 1. The number of hydrogen-bond acceptors (Lipinski definition) is 5. The molecule has 0 heterocycles. The lowest BCUT2D eigenvalue weighted by molar-refractivity contribution is -0.394. The third kappa shape index (κ3) is 3.08. The molecule has 1 N–H and O–H groups in total. The van der Waals surface area contributed by atoms with Gasteiger partial charge < -0.3 is 5.32 Å². The van der Waals surface area contributed by atoms with Crippen LogP contribution >= 0.6 is 0 Å². The number of hydrogen-bond donors (Lipinski definition) is 1. The normalized spacial score (nSPS) is 15.4. The molecule has 1 aliphatic rings. The van der Waals surface area contributed by atoms with Crippen LogP contribution in [0.5, 0.6) is 0 Å². The van der Waals surface area contributed by atoms with Gasteiger partial charge in [-0.15, -0.1) is 0 Å². The maximum Gasteiger partial charge on any atom is 0.277 e. The third-order valence-electron chi connectivity index (χ3n) is 3.27. The highest BCUT2D eigenvalue weighted by molar-refractivity contribution is 5.95. The van der Waals surface area contributed by atoms with E-state index in [1.54, 1.807) is 0 Å². The van der Waals surface area contributed by atoms with Crippen LogP contribution in [0.1, 0.15) is 30.1 Å². The van der Waals surface area contributed by atoms with Crippen molar-refractivity contribution < 1.29 is 14.6 Å². The minimum Gasteiger partial charge on any atom is -0.349 e. The van der Waals surface area contributed by atoms with Gasteiger partial charge in [-0.1, -0.05) is 0 Å². The zero-order valence-corrected chi connectivity index (χ0v) is 10.7. The molecule has 1 aromatic carbocycles. The molecule has 106 valence electrons. The summed E-state index contributed by atoms with van der Waals surface area (Å²) in [7, 11) is 0. The first-order valence-corrected chi connectivity index (χ1v) is 6.13. The van der Waals surface area contributed by atoms with Crippen molar-refractivity contribution in [2.75, 3.05) is 0 Å². The Morgan fingerprint density at radius 1 is 1.20 bits per heavy atom. The number of carbonyl (C=O) groups excluding carboxylic acids is 1. The maximum atomic E-state index is 12.0. The minimum atomic E-state index is -0.756. The zero-order valence-electron chi connectivity index (χ0n) is 10.7. The molecule has 1 atom stereocenters. The van der Waals surface area contributed by atoms with Gasteiger partial charge in [-0.25, -0.2) is 0 Å². The topological polar surface area (TPSA) is 115 Å². The molecule has 0 aromatic heterocycles. The lowest BCUT2D eigenvalue weighted by Gasteiger charge is -2.12. The molecule has 8 nitrogen and oxygen atoms in total. The van der Waals surface area contributed by atoms with Gasteiger partial charge >= 0.3 is 0 Å². The van der Waals surface area contributed by atoms with E-state index in [2.05, 4.69) is 5.32 Å². The van der Waals surface area contributed by atoms with Gasteiger partial charge in [0.05, 0.1) is 21.5 Å². The van der Waals surface area contributed by atoms with Gasteiger partial charge in [0, 0.05) is 18.2 Å². The summed E-state index contributed by atoms with van der Waals surface area (Å²) in [5, 5.41) is 24.2. The van der Waals surface area contributed by atoms with Crippen molar-refractivity contribution in [1.82, 2.24) is 5.32 Å². The quantitative estimate of drug-likeness (QED) is 0.654. The molecule has 1 aromatic rings. The first kappa shape index (κ1) is 13.9. The predicted octanol–water partition coefficient (Wildman–Crippen LogP) is 2.03. The fourth-order valence-electron chi connectivity index (χ4n) is 1.94. The van der Waals surface area contributed by atoms with Crippen molar-refractivity contribution in [2.45, 2.75) is 25.8 Å². The molecule has 1 fully saturated rings. The number of nitrogens with zero attached hydrogens (tertiary/aromatic N) is 2. The third-order valence-corrected chi connectivity index (χ3v) is 3.27. The molecule has 1 saturated carbocycles. The number of nitro groups is 2. The van der Waals surface area contributed by atoms with Crippen molar-refractivity contribution >= 4 is 17.3 Å². The summed E-state index contributed by atoms with van der Waals surface area (Å²) < 4.78 is 0. The lowest BCUT2D eigenvalue weighted by atomic mass is 10.1. The molecular weight excluding hydrogens is 266 g/mol. The van der Waals surface area contributed by atoms with Crippen LogP contribution in [0.3, 0.4) is 0 Å². The van der Waals surface area contributed by atoms with Gasteiger partial charge in [-0.05, 0) is 25.7 Å². The van der Waals surface area contributed by atoms with E-state index in [1.165, 1.54) is 0 Å². The first-order chi connectivity index (χ1) is 9.38. The first-order valence-electron chi connectivity index (χ1n) is 6.13. The van der Waals surface area contributed by atoms with E-state index < -0.39 is 27.1 Å². The summed E-state index contributed by atoms with van der Waals surface area (Å²) in [6.45, 7) is 1.85. The van der Waals surface area contributed by atoms with Gasteiger partial charge in [-0.2, -0.15) is 0 Å². The fourth-order valence-corrected chi connectivity index (χ4v) is 1.94. The Hall–Kier alpha value is -2.51. The van der Waals surface area contributed by atoms with Gasteiger partial charge in [0.15, 0.2) is 0 Å². The Balaban J connectivity index is 2.26. The highest BCUT2D eigenvalue weighted by Crippen LogP contribution is 2.32. The van der Waals surface area contributed by atoms with E-state index in [9.17, 15) is 25.0 Å². The molecule has 1 amide bonds. The molecule has 0 spiro atoms. The Labute approximate surface area is 114 Å². The molecule has 0 bridgehead atoms. The number of rotatable bonds is 5. The largest absolute Gasteiger partial charge is 0.349 e. The second-order valence-electron chi connectivity index (χ2n) is 4.85. The number of nitro benzene ring substituents is 2. The Kier molecular flexibility index (Phi) is 3.64. The number of amides is 1. The van der Waals surface area contributed by atoms with E-state index >= 15 is 0 Å². The van der Waals surface area contributed by atoms with E-state index in [0.717, 1.165) is 31.0 Å². The van der Waals surface area contributed by atoms with Gasteiger partial charge in [-0.3, -0.25) is 25.0 Å². The van der Waals surface area contributed by atoms with Crippen molar-refractivity contribution in [2.24, 2.45) is 5.92 Å². The van der Waals surface area contributed by atoms with E-state index in [1.807, 2.05) is 6.92 Å². The van der Waals surface area contributed by atoms with Crippen LogP contribution in [0.2, 0.25) is 0 Å². The molecule has 0 aliphatic heterocycles. The average Bonchev–Trinajstić information content (AvgIpc) is 3.22. The van der Waals surface area contributed by atoms with Gasteiger partial charge in [0.2, 0.25) is 0 Å². The van der Waals surface area contributed by atoms with E-state index in [0.29, 0.717) is 5.92 Å². The Bertz CT molecular complexity index is 550. The standard InChI is InChI=1S/C12H13N3O5/c1-7(8-2-3-8)13-12(16)9-4-10(14(17)18)6-11(5-9)15(19)20/h4-8H,2-3H2,1H3,(H,13,16). The molecule has 0 saturated heterocycles. The van der Waals surface area contributed by atoms with Crippen LogP contribution in [-0.2, 0) is 0 Å². The molecule has 0 radical (unpaired) electrons. The van der Waals surface area contributed by atoms with Crippen molar-refractivity contribution in [1.29, 1.82) is 0 Å². The molecule has 20 heavy (non-hydrogen) atoms. The summed E-state index contributed by atoms with van der Waals surface area (Å²) in [5.41, 5.74) is -1.01. The molecule has 8 heteroatoms. The summed E-state index contributed by atoms with van der Waals surface area (Å²) in [4.78, 5) is 32.0. The molecule has 1 unspecified atom stereocenters. The summed E-state index contributed by atoms with van der Waals surface area (Å²) in [6, 6.07) is 2.88. The number of non-ortho nitro benzene ring substituents is 2. The summed E-state index contributed by atoms with van der Waals surface area (Å²) in [5.74, 6) is -0.108. The predicted molar refractivity (Wildman–Crippen MR) is 69.4 cm³/mol. The average molecular weight is 279 g/mol. The van der Waals surface area contributed by atoms with Crippen molar-refractivity contribution in [3.8, 4) is 0 Å². The van der Waals surface area contributed by atoms with Crippen LogP contribution in [-0.4, -0.2) is 21.8 Å². The molecule has 2 rings (SSSR count). The second-order valence-corrected chi connectivity index (χ2v) is 4.85. The monoisotopic (exact) mass is 279 g/mol. The van der Waals surface area contributed by atoms with Crippen LogP contribution in [0.4, 0.5) is 11.4 Å². The zero-order chi connectivity index (χ0) is 14.9. The summed E-state index contributed by atoms with van der Waals surface area (Å²) >= 11 is 0. The van der Waals surface area contributed by atoms with Crippen LogP contribution < -0.4 is 5.32 Å². The minimum absolute atomic E-state index is 0.0409. The lowest BCUT2D eigenvalue weighted by Crippen LogP contribution is -2.34. The molecular formula is C12H13N3O5. The van der Waals surface area contributed by atoms with E-state index in [-0.39, 0.29) is 11.6 Å². The van der Waals surface area contributed by atoms with Crippen molar-refractivity contribution in [3.05, 3.63) is 44.0 Å².